The van der Waals surface area contributed by atoms with Gasteiger partial charge in [0.15, 0.2) is 11.6 Å². The Kier molecular flexibility index (Phi) is 4.69. The van der Waals surface area contributed by atoms with E-state index in [0.717, 1.165) is 12.1 Å². The molecule has 2 aliphatic rings. The first-order chi connectivity index (χ1) is 11.7. The topological polar surface area (TPSA) is 98.7 Å². The summed E-state index contributed by atoms with van der Waals surface area (Å²) in [7, 11) is -1.99. The second kappa shape index (κ2) is 6.39. The molecule has 2 fully saturated rings. The van der Waals surface area contributed by atoms with Gasteiger partial charge in [0.2, 0.25) is 10.0 Å². The predicted octanol–water partition coefficient (Wildman–Crippen LogP) is 0.680. The van der Waals surface area contributed by atoms with Crippen LogP contribution in [0, 0.1) is 5.82 Å². The molecule has 0 aliphatic carbocycles. The second-order valence-corrected chi connectivity index (χ2v) is 8.89. The number of sulfonamides is 1. The first-order valence-electron chi connectivity index (χ1n) is 7.84. The molecular formula is C15H19ClFN3O4S. The third-order valence-corrected chi connectivity index (χ3v) is 7.29. The molecule has 2 aliphatic heterocycles. The molecule has 1 aromatic carbocycles. The van der Waals surface area contributed by atoms with E-state index in [0.29, 0.717) is 25.9 Å². The van der Waals surface area contributed by atoms with Crippen LogP contribution < -0.4 is 10.6 Å². The Morgan fingerprint density at radius 1 is 1.44 bits per heavy atom. The first-order valence-corrected chi connectivity index (χ1v) is 9.82. The summed E-state index contributed by atoms with van der Waals surface area (Å²) in [6.07, 6.45) is 1.09. The number of halogens is 2. The maximum absolute atomic E-state index is 13.6. The molecule has 7 nitrogen and oxygen atoms in total. The zero-order chi connectivity index (χ0) is 18.4. The van der Waals surface area contributed by atoms with Crippen molar-refractivity contribution in [3.63, 3.8) is 0 Å². The van der Waals surface area contributed by atoms with Crippen LogP contribution in [0.4, 0.5) is 4.39 Å². The molecule has 0 radical (unpaired) electrons. The fourth-order valence-corrected chi connectivity index (χ4v) is 5.76. The number of nitrogens with one attached hydrogen (secondary N) is 2. The van der Waals surface area contributed by atoms with Crippen LogP contribution in [0.1, 0.15) is 23.2 Å². The van der Waals surface area contributed by atoms with Crippen molar-refractivity contribution < 1.29 is 22.7 Å². The van der Waals surface area contributed by atoms with E-state index in [1.54, 1.807) is 0 Å². The number of carbonyl (C=O) groups excluding carboxylic acids is 1. The van der Waals surface area contributed by atoms with Gasteiger partial charge in [-0.3, -0.25) is 4.79 Å². The first kappa shape index (κ1) is 18.4. The van der Waals surface area contributed by atoms with Crippen LogP contribution in [0.5, 0.6) is 5.75 Å². The van der Waals surface area contributed by atoms with Crippen molar-refractivity contribution in [3.05, 3.63) is 28.5 Å². The van der Waals surface area contributed by atoms with Crippen LogP contribution in [0.15, 0.2) is 12.1 Å². The number of benzene rings is 1. The van der Waals surface area contributed by atoms with E-state index in [4.69, 9.17) is 11.6 Å². The van der Waals surface area contributed by atoms with E-state index in [1.165, 1.54) is 11.4 Å². The van der Waals surface area contributed by atoms with Crippen LogP contribution in [-0.2, 0) is 10.0 Å². The second-order valence-electron chi connectivity index (χ2n) is 6.41. The van der Waals surface area contributed by atoms with Crippen LogP contribution in [0.3, 0.4) is 0 Å². The standard InChI is InChI=1S/C15H19ClFN3O4S/c1-20-15(2-4-18-5-3-15)12(8-25(20,23)24)19-14(22)10-6-9(16)7-11(17)13(10)21/h6-7,12,18,21H,2-5,8H2,1H3,(H,19,22). The molecule has 1 amide bonds. The number of phenolic OH excluding ortho intramolecular Hbond substituents is 1. The number of likely N-dealkylation sites (N-methyl/N-ethyl adjacent to an activating group) is 1. The summed E-state index contributed by atoms with van der Waals surface area (Å²) >= 11 is 5.75. The molecule has 1 aromatic rings. The Balaban J connectivity index is 1.92. The Hall–Kier alpha value is -1.42. The van der Waals surface area contributed by atoms with Crippen LogP contribution in [0.2, 0.25) is 5.02 Å². The SMILES string of the molecule is CN1C2(CCNCC2)C(NC(=O)c2cc(Cl)cc(F)c2O)CS1(=O)=O. The summed E-state index contributed by atoms with van der Waals surface area (Å²) in [6, 6.07) is 1.38. The zero-order valence-electron chi connectivity index (χ0n) is 13.6. The lowest BCUT2D eigenvalue weighted by atomic mass is 9.82. The molecule has 25 heavy (non-hydrogen) atoms. The van der Waals surface area contributed by atoms with Gasteiger partial charge in [-0.2, -0.15) is 4.31 Å². The summed E-state index contributed by atoms with van der Waals surface area (Å²) in [6.45, 7) is 1.26. The lowest BCUT2D eigenvalue weighted by Gasteiger charge is -2.42. The van der Waals surface area contributed by atoms with Gasteiger partial charge in [-0.05, 0) is 38.1 Å². The van der Waals surface area contributed by atoms with Gasteiger partial charge in [-0.1, -0.05) is 11.6 Å². The van der Waals surface area contributed by atoms with E-state index < -0.39 is 39.1 Å². The summed E-state index contributed by atoms with van der Waals surface area (Å²) in [4.78, 5) is 12.5. The molecule has 10 heteroatoms. The Bertz CT molecular complexity index is 811. The molecule has 3 N–H and O–H groups in total. The highest BCUT2D eigenvalue weighted by atomic mass is 35.5. The fraction of sp³-hybridized carbons (Fsp3) is 0.533. The molecule has 3 rings (SSSR count). The van der Waals surface area contributed by atoms with Crippen molar-refractivity contribution in [2.45, 2.75) is 24.4 Å². The minimum Gasteiger partial charge on any atom is -0.504 e. The number of aromatic hydroxyl groups is 1. The number of hydrogen-bond donors (Lipinski definition) is 3. The summed E-state index contributed by atoms with van der Waals surface area (Å²) < 4.78 is 39.7. The molecule has 0 bridgehead atoms. The smallest absolute Gasteiger partial charge is 0.255 e. The monoisotopic (exact) mass is 391 g/mol. The number of amides is 1. The lowest BCUT2D eigenvalue weighted by molar-refractivity contribution is 0.0852. The molecule has 2 saturated heterocycles. The Morgan fingerprint density at radius 3 is 2.72 bits per heavy atom. The average Bonchev–Trinajstić information content (AvgIpc) is 2.73. The number of phenols is 1. The average molecular weight is 392 g/mol. The minimum absolute atomic E-state index is 0.0341. The fourth-order valence-electron chi connectivity index (χ4n) is 3.65. The number of hydrogen-bond acceptors (Lipinski definition) is 5. The molecule has 2 heterocycles. The van der Waals surface area contributed by atoms with E-state index in [2.05, 4.69) is 10.6 Å². The zero-order valence-corrected chi connectivity index (χ0v) is 15.1. The molecule has 1 spiro atoms. The van der Waals surface area contributed by atoms with Gasteiger partial charge in [-0.15, -0.1) is 0 Å². The van der Waals surface area contributed by atoms with Crippen molar-refractivity contribution in [2.75, 3.05) is 25.9 Å². The minimum atomic E-state index is -3.51. The van der Waals surface area contributed by atoms with Gasteiger partial charge in [0.25, 0.3) is 5.91 Å². The van der Waals surface area contributed by atoms with Crippen LogP contribution >= 0.6 is 11.6 Å². The molecule has 138 valence electrons. The molecule has 1 unspecified atom stereocenters. The Labute approximate surface area is 150 Å². The maximum Gasteiger partial charge on any atom is 0.255 e. The van der Waals surface area contributed by atoms with Gasteiger partial charge in [0, 0.05) is 12.1 Å². The van der Waals surface area contributed by atoms with Crippen molar-refractivity contribution in [2.24, 2.45) is 0 Å². The summed E-state index contributed by atoms with van der Waals surface area (Å²) in [5.41, 5.74) is -1.05. The lowest BCUT2D eigenvalue weighted by Crippen LogP contribution is -2.60. The highest BCUT2D eigenvalue weighted by molar-refractivity contribution is 7.89. The molecule has 0 aromatic heterocycles. The van der Waals surface area contributed by atoms with Crippen molar-refractivity contribution in [1.29, 1.82) is 0 Å². The van der Waals surface area contributed by atoms with Gasteiger partial charge < -0.3 is 15.7 Å². The van der Waals surface area contributed by atoms with Crippen LogP contribution in [0.25, 0.3) is 0 Å². The third-order valence-electron chi connectivity index (χ3n) is 5.12. The molecular weight excluding hydrogens is 373 g/mol. The van der Waals surface area contributed by atoms with E-state index in [-0.39, 0.29) is 16.3 Å². The van der Waals surface area contributed by atoms with Gasteiger partial charge in [-0.25, -0.2) is 12.8 Å². The van der Waals surface area contributed by atoms with E-state index in [1.807, 2.05) is 0 Å². The quantitative estimate of drug-likeness (QED) is 0.688. The van der Waals surface area contributed by atoms with Crippen molar-refractivity contribution in [1.82, 2.24) is 14.9 Å². The summed E-state index contributed by atoms with van der Waals surface area (Å²) in [5.74, 6) is -2.81. The van der Waals surface area contributed by atoms with E-state index >= 15 is 0 Å². The predicted molar refractivity (Wildman–Crippen MR) is 90.7 cm³/mol. The van der Waals surface area contributed by atoms with Gasteiger partial charge >= 0.3 is 0 Å². The molecule has 0 saturated carbocycles. The van der Waals surface area contributed by atoms with Crippen molar-refractivity contribution in [3.8, 4) is 5.75 Å². The number of piperidine rings is 1. The molecule has 1 atom stereocenters. The highest BCUT2D eigenvalue weighted by Crippen LogP contribution is 2.38. The van der Waals surface area contributed by atoms with E-state index in [9.17, 15) is 22.7 Å². The van der Waals surface area contributed by atoms with Gasteiger partial charge in [0.1, 0.15) is 0 Å². The highest BCUT2D eigenvalue weighted by Gasteiger charge is 2.55. The number of rotatable bonds is 2. The maximum atomic E-state index is 13.6. The van der Waals surface area contributed by atoms with Gasteiger partial charge in [0.05, 0.1) is 22.9 Å². The number of carbonyl (C=O) groups is 1. The Morgan fingerprint density at radius 2 is 2.08 bits per heavy atom. The normalized spacial score (nSPS) is 25.2. The van der Waals surface area contributed by atoms with Crippen molar-refractivity contribution >= 4 is 27.5 Å². The van der Waals surface area contributed by atoms with Crippen LogP contribution in [-0.4, -0.2) is 61.2 Å². The largest absolute Gasteiger partial charge is 0.504 e. The third kappa shape index (κ3) is 3.10. The summed E-state index contributed by atoms with van der Waals surface area (Å²) in [5, 5.41) is 15.6. The number of nitrogens with zero attached hydrogens (tertiary/aromatic N) is 1.